The normalized spacial score (nSPS) is 11.8. The Bertz CT molecular complexity index is 1240. The third kappa shape index (κ3) is 4.83. The Morgan fingerprint density at radius 2 is 1.88 bits per heavy atom. The van der Waals surface area contributed by atoms with Crippen LogP contribution in [0.1, 0.15) is 15.9 Å². The number of thioether (sulfide) groups is 1. The second-order valence-corrected chi connectivity index (χ2v) is 7.82. The van der Waals surface area contributed by atoms with E-state index in [0.717, 1.165) is 17.3 Å². The van der Waals surface area contributed by atoms with E-state index in [1.165, 1.54) is 0 Å². The molecule has 2 heterocycles. The molecule has 0 saturated heterocycles. The summed E-state index contributed by atoms with van der Waals surface area (Å²) < 4.78 is 10.5. The third-order valence-electron chi connectivity index (χ3n) is 4.47. The Balaban J connectivity index is 1.37. The maximum absolute atomic E-state index is 12.4. The van der Waals surface area contributed by atoms with Crippen LogP contribution in [0.2, 0.25) is 0 Å². The number of anilines is 3. The molecule has 1 aromatic heterocycles. The molecule has 32 heavy (non-hydrogen) atoms. The number of hydrogen-bond acceptors (Lipinski definition) is 8. The van der Waals surface area contributed by atoms with Crippen LogP contribution in [-0.2, 0) is 4.79 Å². The Labute approximate surface area is 186 Å². The van der Waals surface area contributed by atoms with E-state index in [9.17, 15) is 14.4 Å². The molecule has 0 aliphatic carbocycles. The number of amides is 2. The molecule has 0 fully saturated rings. The van der Waals surface area contributed by atoms with Crippen molar-refractivity contribution in [2.45, 2.75) is 12.1 Å². The molecule has 164 valence electrons. The molecule has 0 radical (unpaired) electrons. The van der Waals surface area contributed by atoms with Crippen LogP contribution in [0, 0.1) is 6.92 Å². The van der Waals surface area contributed by atoms with Gasteiger partial charge in [0.05, 0.1) is 5.75 Å². The first kappa shape index (κ1) is 21.2. The molecule has 11 heteroatoms. The molecule has 3 aromatic rings. The fourth-order valence-corrected chi connectivity index (χ4v) is 3.52. The number of rotatable bonds is 6. The molecule has 2 amide bonds. The molecular formula is C21H19N5O5S. The summed E-state index contributed by atoms with van der Waals surface area (Å²) in [4.78, 5) is 43.6. The number of hydrogen-bond donors (Lipinski definition) is 4. The van der Waals surface area contributed by atoms with E-state index in [2.05, 4.69) is 20.6 Å². The lowest BCUT2D eigenvalue weighted by Gasteiger charge is -2.09. The van der Waals surface area contributed by atoms with Crippen molar-refractivity contribution >= 4 is 40.8 Å². The van der Waals surface area contributed by atoms with Gasteiger partial charge in [-0.2, -0.15) is 0 Å². The predicted molar refractivity (Wildman–Crippen MR) is 120 cm³/mol. The second-order valence-electron chi connectivity index (χ2n) is 6.86. The Kier molecular flexibility index (Phi) is 5.99. The Morgan fingerprint density at radius 1 is 1.12 bits per heavy atom. The zero-order chi connectivity index (χ0) is 22.7. The first-order chi connectivity index (χ1) is 15.4. The predicted octanol–water partition coefficient (Wildman–Crippen LogP) is 2.37. The summed E-state index contributed by atoms with van der Waals surface area (Å²) >= 11 is 1.000. The second kappa shape index (κ2) is 9.02. The minimum atomic E-state index is -0.614. The molecule has 0 atom stereocenters. The van der Waals surface area contributed by atoms with Crippen LogP contribution in [-0.4, -0.2) is 34.3 Å². The van der Waals surface area contributed by atoms with E-state index in [4.69, 9.17) is 15.2 Å². The maximum Gasteiger partial charge on any atom is 0.277 e. The van der Waals surface area contributed by atoms with Gasteiger partial charge in [-0.3, -0.25) is 19.4 Å². The van der Waals surface area contributed by atoms with E-state index in [0.29, 0.717) is 22.7 Å². The third-order valence-corrected chi connectivity index (χ3v) is 5.35. The number of benzene rings is 2. The van der Waals surface area contributed by atoms with Crippen molar-refractivity contribution in [2.24, 2.45) is 0 Å². The van der Waals surface area contributed by atoms with Gasteiger partial charge in [0.2, 0.25) is 12.7 Å². The zero-order valence-corrected chi connectivity index (χ0v) is 17.7. The van der Waals surface area contributed by atoms with E-state index >= 15 is 0 Å². The van der Waals surface area contributed by atoms with Crippen LogP contribution < -0.4 is 31.4 Å². The average molecular weight is 453 g/mol. The fourth-order valence-electron chi connectivity index (χ4n) is 2.85. The number of aromatic amines is 1. The molecular weight excluding hydrogens is 434 g/mol. The van der Waals surface area contributed by atoms with E-state index < -0.39 is 11.5 Å². The standard InChI is InChI=1S/C21H19N5O5S/c1-11-2-4-12(5-3-11)19(28)24-17-18(22)25-21(26-20(17)29)32-9-16(27)23-13-6-7-14-15(8-13)31-10-30-14/h2-8H,9-10H2,1H3,(H,23,27)(H,24,28)(H3,22,25,26,29). The number of aromatic nitrogens is 2. The molecule has 5 N–H and O–H groups in total. The summed E-state index contributed by atoms with van der Waals surface area (Å²) in [6, 6.07) is 11.9. The topological polar surface area (TPSA) is 148 Å². The fraction of sp³-hybridized carbons (Fsp3) is 0.143. The highest BCUT2D eigenvalue weighted by Gasteiger charge is 2.16. The molecule has 0 spiro atoms. The number of carbonyl (C=O) groups is 2. The number of ether oxygens (including phenoxy) is 2. The summed E-state index contributed by atoms with van der Waals surface area (Å²) in [7, 11) is 0. The minimum Gasteiger partial charge on any atom is -0.454 e. The quantitative estimate of drug-likeness (QED) is 0.328. The number of nitrogens with one attached hydrogen (secondary N) is 3. The maximum atomic E-state index is 12.4. The summed E-state index contributed by atoms with van der Waals surface area (Å²) in [6.07, 6.45) is 0. The number of nitrogen functional groups attached to an aromatic ring is 1. The van der Waals surface area contributed by atoms with Crippen LogP contribution in [0.3, 0.4) is 0 Å². The molecule has 0 unspecified atom stereocenters. The van der Waals surface area contributed by atoms with Gasteiger partial charge in [-0.05, 0) is 31.2 Å². The number of carbonyl (C=O) groups excluding carboxylic acids is 2. The number of fused-ring (bicyclic) bond motifs is 1. The first-order valence-electron chi connectivity index (χ1n) is 9.49. The molecule has 1 aliphatic heterocycles. The monoisotopic (exact) mass is 453 g/mol. The molecule has 4 rings (SSSR count). The van der Waals surface area contributed by atoms with Crippen LogP contribution in [0.15, 0.2) is 52.4 Å². The largest absolute Gasteiger partial charge is 0.454 e. The van der Waals surface area contributed by atoms with Crippen LogP contribution >= 0.6 is 11.8 Å². The lowest BCUT2D eigenvalue weighted by Crippen LogP contribution is -2.23. The van der Waals surface area contributed by atoms with Crippen molar-refractivity contribution in [3.63, 3.8) is 0 Å². The van der Waals surface area contributed by atoms with E-state index in [1.54, 1.807) is 42.5 Å². The van der Waals surface area contributed by atoms with E-state index in [-0.39, 0.29) is 35.1 Å². The van der Waals surface area contributed by atoms with Crippen LogP contribution in [0.4, 0.5) is 17.2 Å². The lowest BCUT2D eigenvalue weighted by molar-refractivity contribution is -0.113. The average Bonchev–Trinajstić information content (AvgIpc) is 3.23. The van der Waals surface area contributed by atoms with Crippen LogP contribution in [0.25, 0.3) is 0 Å². The Hall–Kier alpha value is -3.99. The summed E-state index contributed by atoms with van der Waals surface area (Å²) in [5, 5.41) is 5.36. The van der Waals surface area contributed by atoms with Crippen LogP contribution in [0.5, 0.6) is 11.5 Å². The lowest BCUT2D eigenvalue weighted by atomic mass is 10.1. The highest BCUT2D eigenvalue weighted by Crippen LogP contribution is 2.34. The first-order valence-corrected chi connectivity index (χ1v) is 10.5. The highest BCUT2D eigenvalue weighted by molar-refractivity contribution is 7.99. The van der Waals surface area contributed by atoms with Gasteiger partial charge < -0.3 is 25.8 Å². The number of nitrogens with two attached hydrogens (primary N) is 1. The van der Waals surface area contributed by atoms with Gasteiger partial charge in [0.25, 0.3) is 11.5 Å². The summed E-state index contributed by atoms with van der Waals surface area (Å²) in [5.41, 5.74) is 7.04. The molecule has 10 nitrogen and oxygen atoms in total. The summed E-state index contributed by atoms with van der Waals surface area (Å²) in [5.74, 6) is 0.209. The van der Waals surface area contributed by atoms with Crippen molar-refractivity contribution in [1.29, 1.82) is 0 Å². The van der Waals surface area contributed by atoms with Crippen molar-refractivity contribution in [3.8, 4) is 11.5 Å². The van der Waals surface area contributed by atoms with Crippen molar-refractivity contribution in [1.82, 2.24) is 9.97 Å². The van der Waals surface area contributed by atoms with Gasteiger partial charge in [0.1, 0.15) is 5.69 Å². The van der Waals surface area contributed by atoms with Gasteiger partial charge in [-0.15, -0.1) is 0 Å². The smallest absolute Gasteiger partial charge is 0.277 e. The van der Waals surface area contributed by atoms with Crippen molar-refractivity contribution < 1.29 is 19.1 Å². The molecule has 0 saturated carbocycles. The minimum absolute atomic E-state index is 0.0219. The van der Waals surface area contributed by atoms with Crippen molar-refractivity contribution in [2.75, 3.05) is 28.9 Å². The number of nitrogens with zero attached hydrogens (tertiary/aromatic N) is 1. The Morgan fingerprint density at radius 3 is 2.62 bits per heavy atom. The van der Waals surface area contributed by atoms with Gasteiger partial charge in [0.15, 0.2) is 22.5 Å². The van der Waals surface area contributed by atoms with Crippen molar-refractivity contribution in [3.05, 3.63) is 63.9 Å². The number of H-pyrrole nitrogens is 1. The summed E-state index contributed by atoms with van der Waals surface area (Å²) in [6.45, 7) is 2.05. The van der Waals surface area contributed by atoms with Gasteiger partial charge in [-0.1, -0.05) is 29.5 Å². The van der Waals surface area contributed by atoms with Gasteiger partial charge in [0, 0.05) is 17.3 Å². The van der Waals surface area contributed by atoms with Gasteiger partial charge >= 0.3 is 0 Å². The number of aryl methyl sites for hydroxylation is 1. The van der Waals surface area contributed by atoms with E-state index in [1.807, 2.05) is 6.92 Å². The molecule has 0 bridgehead atoms. The zero-order valence-electron chi connectivity index (χ0n) is 16.9. The van der Waals surface area contributed by atoms with Gasteiger partial charge in [-0.25, -0.2) is 4.98 Å². The molecule has 1 aliphatic rings. The SMILES string of the molecule is Cc1ccc(C(=O)Nc2c(N)nc(SCC(=O)Nc3ccc4c(c3)OCO4)[nH]c2=O)cc1. The highest BCUT2D eigenvalue weighted by atomic mass is 32.2. The molecule has 2 aromatic carbocycles.